The fourth-order valence-electron chi connectivity index (χ4n) is 2.83. The number of rotatable bonds is 9. The number of pyridine rings is 1. The Morgan fingerprint density at radius 1 is 1.16 bits per heavy atom. The number of amides is 1. The zero-order chi connectivity index (χ0) is 21.5. The number of carbonyl (C=O) groups excluding carboxylic acids is 1. The van der Waals surface area contributed by atoms with Crippen molar-refractivity contribution in [2.45, 2.75) is 18.9 Å². The minimum atomic E-state index is -0.103. The molecule has 0 fully saturated rings. The number of thioether (sulfide) groups is 1. The van der Waals surface area contributed by atoms with E-state index < -0.39 is 0 Å². The average molecular weight is 453 g/mol. The normalized spacial score (nSPS) is 10.8. The molecule has 31 heavy (non-hydrogen) atoms. The molecule has 0 aliphatic rings. The van der Waals surface area contributed by atoms with Crippen LogP contribution in [0.15, 0.2) is 71.1 Å². The third-order valence-electron chi connectivity index (χ3n) is 4.36. The largest absolute Gasteiger partial charge is 0.473 e. The monoisotopic (exact) mass is 452 g/mol. The summed E-state index contributed by atoms with van der Waals surface area (Å²) in [4.78, 5) is 33.5. The molecule has 0 saturated carbocycles. The Morgan fingerprint density at radius 3 is 2.90 bits per heavy atom. The summed E-state index contributed by atoms with van der Waals surface area (Å²) < 4.78 is 7.24. The Hall–Kier alpha value is -3.17. The van der Waals surface area contributed by atoms with E-state index in [0.717, 1.165) is 11.1 Å². The fourth-order valence-corrected chi connectivity index (χ4v) is 4.32. The van der Waals surface area contributed by atoms with E-state index in [0.29, 0.717) is 35.4 Å². The van der Waals surface area contributed by atoms with Crippen LogP contribution in [0.5, 0.6) is 5.88 Å². The van der Waals surface area contributed by atoms with Gasteiger partial charge in [0.2, 0.25) is 11.8 Å². The first kappa shape index (κ1) is 21.1. The van der Waals surface area contributed by atoms with E-state index in [2.05, 4.69) is 15.3 Å². The zero-order valence-corrected chi connectivity index (χ0v) is 18.2. The van der Waals surface area contributed by atoms with Crippen molar-refractivity contribution >= 4 is 34.0 Å². The lowest BCUT2D eigenvalue weighted by molar-refractivity contribution is -0.118. The molecule has 0 saturated heterocycles. The van der Waals surface area contributed by atoms with Crippen LogP contribution in [-0.2, 0) is 23.7 Å². The average Bonchev–Trinajstić information content (AvgIpc) is 3.27. The maximum atomic E-state index is 12.2. The van der Waals surface area contributed by atoms with Crippen LogP contribution in [0.4, 0.5) is 0 Å². The van der Waals surface area contributed by atoms with Crippen LogP contribution in [0.3, 0.4) is 0 Å². The van der Waals surface area contributed by atoms with E-state index in [-0.39, 0.29) is 17.2 Å². The summed E-state index contributed by atoms with van der Waals surface area (Å²) in [6.07, 6.45) is 3.37. The Balaban J connectivity index is 1.22. The third-order valence-corrected chi connectivity index (χ3v) is 6.08. The number of hydrogen-bond acceptors (Lipinski definition) is 7. The predicted molar refractivity (Wildman–Crippen MR) is 122 cm³/mol. The highest BCUT2D eigenvalue weighted by molar-refractivity contribution is 7.99. The van der Waals surface area contributed by atoms with E-state index in [1.807, 2.05) is 47.8 Å². The van der Waals surface area contributed by atoms with Crippen LogP contribution in [0.2, 0.25) is 0 Å². The SMILES string of the molecule is O=C(CSCc1cc(=O)n2ccsc2n1)NCc1ccnc(OCc2ccccc2)c1. The molecule has 1 amide bonds. The lowest BCUT2D eigenvalue weighted by Gasteiger charge is -2.08. The minimum absolute atomic E-state index is 0.0810. The van der Waals surface area contributed by atoms with Crippen LogP contribution < -0.4 is 15.6 Å². The van der Waals surface area contributed by atoms with Gasteiger partial charge in [0.1, 0.15) is 6.61 Å². The summed E-state index contributed by atoms with van der Waals surface area (Å²) in [6, 6.07) is 15.1. The lowest BCUT2D eigenvalue weighted by Crippen LogP contribution is -2.24. The van der Waals surface area contributed by atoms with Gasteiger partial charge >= 0.3 is 0 Å². The summed E-state index contributed by atoms with van der Waals surface area (Å²) in [5.41, 5.74) is 2.55. The van der Waals surface area contributed by atoms with Crippen molar-refractivity contribution in [3.05, 3.63) is 93.5 Å². The molecule has 0 aliphatic heterocycles. The number of thiazole rings is 1. The van der Waals surface area contributed by atoms with Crippen molar-refractivity contribution < 1.29 is 9.53 Å². The number of ether oxygens (including phenoxy) is 1. The fraction of sp³-hybridized carbons (Fsp3) is 0.182. The van der Waals surface area contributed by atoms with Gasteiger partial charge in [-0.05, 0) is 17.2 Å². The Labute approximate surface area is 187 Å². The van der Waals surface area contributed by atoms with E-state index in [9.17, 15) is 9.59 Å². The Bertz CT molecular complexity index is 1220. The van der Waals surface area contributed by atoms with Gasteiger partial charge in [-0.15, -0.1) is 23.1 Å². The van der Waals surface area contributed by atoms with E-state index in [1.54, 1.807) is 12.4 Å². The van der Waals surface area contributed by atoms with Gasteiger partial charge in [0.05, 0.1) is 11.4 Å². The summed E-state index contributed by atoms with van der Waals surface area (Å²) in [5.74, 6) is 1.23. The van der Waals surface area contributed by atoms with Crippen LogP contribution in [0.25, 0.3) is 4.96 Å². The molecule has 0 aliphatic carbocycles. The smallest absolute Gasteiger partial charge is 0.258 e. The number of nitrogens with one attached hydrogen (secondary N) is 1. The molecule has 3 heterocycles. The quantitative estimate of drug-likeness (QED) is 0.420. The first-order valence-corrected chi connectivity index (χ1v) is 11.6. The van der Waals surface area contributed by atoms with Crippen molar-refractivity contribution in [3.63, 3.8) is 0 Å². The van der Waals surface area contributed by atoms with Crippen molar-refractivity contribution in [1.82, 2.24) is 19.7 Å². The second-order valence-electron chi connectivity index (χ2n) is 6.69. The second kappa shape index (κ2) is 10.2. The molecule has 0 atom stereocenters. The molecule has 0 unspecified atom stereocenters. The molecule has 4 aromatic rings. The number of aromatic nitrogens is 3. The van der Waals surface area contributed by atoms with E-state index >= 15 is 0 Å². The molecule has 4 rings (SSSR count). The summed E-state index contributed by atoms with van der Waals surface area (Å²) in [6.45, 7) is 0.833. The summed E-state index contributed by atoms with van der Waals surface area (Å²) >= 11 is 2.84. The van der Waals surface area contributed by atoms with Gasteiger partial charge in [-0.3, -0.25) is 14.0 Å². The van der Waals surface area contributed by atoms with Gasteiger partial charge in [0, 0.05) is 42.2 Å². The van der Waals surface area contributed by atoms with Crippen molar-refractivity contribution in [3.8, 4) is 5.88 Å². The first-order chi connectivity index (χ1) is 15.2. The molecule has 9 heteroatoms. The molecule has 1 aromatic carbocycles. The van der Waals surface area contributed by atoms with Crippen molar-refractivity contribution in [2.75, 3.05) is 5.75 Å². The maximum Gasteiger partial charge on any atom is 0.258 e. The second-order valence-corrected chi connectivity index (χ2v) is 8.55. The molecule has 1 N–H and O–H groups in total. The van der Waals surface area contributed by atoms with Gasteiger partial charge in [0.25, 0.3) is 5.56 Å². The van der Waals surface area contributed by atoms with Gasteiger partial charge in [0.15, 0.2) is 4.96 Å². The zero-order valence-electron chi connectivity index (χ0n) is 16.6. The summed E-state index contributed by atoms with van der Waals surface area (Å²) in [7, 11) is 0. The van der Waals surface area contributed by atoms with Crippen LogP contribution in [-0.4, -0.2) is 26.0 Å². The van der Waals surface area contributed by atoms with Gasteiger partial charge in [-0.2, -0.15) is 0 Å². The van der Waals surface area contributed by atoms with Gasteiger partial charge < -0.3 is 10.1 Å². The number of nitrogens with zero attached hydrogens (tertiary/aromatic N) is 3. The van der Waals surface area contributed by atoms with Crippen molar-refractivity contribution in [2.24, 2.45) is 0 Å². The molecule has 3 aromatic heterocycles. The minimum Gasteiger partial charge on any atom is -0.473 e. The van der Waals surface area contributed by atoms with Crippen molar-refractivity contribution in [1.29, 1.82) is 0 Å². The highest BCUT2D eigenvalue weighted by Gasteiger charge is 2.07. The maximum absolute atomic E-state index is 12.2. The summed E-state index contributed by atoms with van der Waals surface area (Å²) in [5, 5.41) is 4.72. The predicted octanol–water partition coefficient (Wildman–Crippen LogP) is 3.28. The highest BCUT2D eigenvalue weighted by Crippen LogP contribution is 2.14. The Kier molecular flexibility index (Phi) is 6.96. The topological polar surface area (TPSA) is 85.6 Å². The number of carbonyl (C=O) groups is 1. The van der Waals surface area contributed by atoms with Crippen LogP contribution in [0, 0.1) is 0 Å². The number of hydrogen-bond donors (Lipinski definition) is 1. The highest BCUT2D eigenvalue weighted by atomic mass is 32.2. The molecule has 0 bridgehead atoms. The van der Waals surface area contributed by atoms with E-state index in [4.69, 9.17) is 4.74 Å². The standard InChI is InChI=1S/C22H20N4O3S2/c27-19(15-30-14-18-11-21(28)26-8-9-31-22(26)25-18)24-12-17-6-7-23-20(10-17)29-13-16-4-2-1-3-5-16/h1-11H,12-15H2,(H,24,27). The third kappa shape index (κ3) is 5.93. The van der Waals surface area contributed by atoms with Gasteiger partial charge in [-0.1, -0.05) is 30.3 Å². The Morgan fingerprint density at radius 2 is 2.03 bits per heavy atom. The van der Waals surface area contributed by atoms with Crippen LogP contribution in [0.1, 0.15) is 16.8 Å². The lowest BCUT2D eigenvalue weighted by atomic mass is 10.2. The number of fused-ring (bicyclic) bond motifs is 1. The molecule has 158 valence electrons. The van der Waals surface area contributed by atoms with Gasteiger partial charge in [-0.25, -0.2) is 9.97 Å². The number of benzene rings is 1. The molecule has 7 nitrogen and oxygen atoms in total. The first-order valence-electron chi connectivity index (χ1n) is 9.59. The van der Waals surface area contributed by atoms with Crippen LogP contribution >= 0.6 is 23.1 Å². The molecular formula is C22H20N4O3S2. The molecule has 0 spiro atoms. The molecule has 0 radical (unpaired) electrons. The molecular weight excluding hydrogens is 432 g/mol. The van der Waals surface area contributed by atoms with E-state index in [1.165, 1.54) is 33.6 Å².